The molecule has 2 atom stereocenters. The van der Waals surface area contributed by atoms with Gasteiger partial charge in [0.2, 0.25) is 5.88 Å². The summed E-state index contributed by atoms with van der Waals surface area (Å²) in [5.74, 6) is -0.362. The molecular weight excluding hydrogens is 243 g/mol. The van der Waals surface area contributed by atoms with Crippen LogP contribution in [-0.2, 0) is 4.74 Å². The van der Waals surface area contributed by atoms with Gasteiger partial charge in [0.05, 0.1) is 0 Å². The van der Waals surface area contributed by atoms with Gasteiger partial charge in [0.1, 0.15) is 25.1 Å². The lowest BCUT2D eigenvalue weighted by molar-refractivity contribution is 0.0977. The minimum atomic E-state index is -0.993. The molecule has 0 saturated carbocycles. The molecule has 2 aromatic rings. The molecule has 0 bridgehead atoms. The zero-order valence-electron chi connectivity index (χ0n) is 9.06. The zero-order valence-corrected chi connectivity index (χ0v) is 9.06. The second-order valence-corrected chi connectivity index (χ2v) is 3.86. The number of rotatable bonds is 1. The molecule has 7 nitrogen and oxygen atoms in total. The molecule has 3 heterocycles. The number of nitrogens with zero attached hydrogens (tertiary/aromatic N) is 4. The Kier molecular flexibility index (Phi) is 2.37. The molecule has 0 aromatic carbocycles. The largest absolute Gasteiger partial charge is 0.492 e. The summed E-state index contributed by atoms with van der Waals surface area (Å²) in [7, 11) is 0. The van der Waals surface area contributed by atoms with Gasteiger partial charge < -0.3 is 14.9 Å². The third-order valence-corrected chi connectivity index (χ3v) is 2.78. The molecule has 0 radical (unpaired) electrons. The molecule has 0 amide bonds. The average molecular weight is 252 g/mol. The van der Waals surface area contributed by atoms with Gasteiger partial charge in [-0.3, -0.25) is 4.57 Å². The van der Waals surface area contributed by atoms with Crippen molar-refractivity contribution in [2.75, 3.05) is 0 Å². The molecule has 0 aliphatic carbocycles. The predicted molar refractivity (Wildman–Crippen MR) is 56.9 cm³/mol. The summed E-state index contributed by atoms with van der Waals surface area (Å²) in [6.45, 7) is 0. The van der Waals surface area contributed by atoms with Gasteiger partial charge in [0, 0.05) is 6.42 Å². The number of halogens is 1. The minimum absolute atomic E-state index is 0.125. The Bertz CT molecular complexity index is 627. The van der Waals surface area contributed by atoms with Gasteiger partial charge in [-0.25, -0.2) is 14.4 Å². The summed E-state index contributed by atoms with van der Waals surface area (Å²) in [6, 6.07) is 0. The van der Waals surface area contributed by atoms with Crippen molar-refractivity contribution in [2.24, 2.45) is 0 Å². The van der Waals surface area contributed by atoms with Crippen molar-refractivity contribution in [2.45, 2.75) is 18.8 Å². The summed E-state index contributed by atoms with van der Waals surface area (Å²) in [4.78, 5) is 11.5. The maximum Gasteiger partial charge on any atom is 0.242 e. The van der Waals surface area contributed by atoms with Crippen molar-refractivity contribution in [1.82, 2.24) is 19.5 Å². The Morgan fingerprint density at radius 1 is 1.44 bits per heavy atom. The van der Waals surface area contributed by atoms with Crippen LogP contribution in [0.2, 0.25) is 0 Å². The quantitative estimate of drug-likeness (QED) is 0.772. The molecule has 2 N–H and O–H groups in total. The van der Waals surface area contributed by atoms with Crippen LogP contribution in [0, 0.1) is 0 Å². The van der Waals surface area contributed by atoms with Crippen LogP contribution in [0.15, 0.2) is 24.7 Å². The zero-order chi connectivity index (χ0) is 12.7. The predicted octanol–water partition coefficient (Wildman–Crippen LogP) is 0.623. The standard InChI is InChI=1S/C10H9FN4O3/c11-2-6-5(16)1-7(18-6)15-4-14-8-9(15)12-3-13-10(8)17/h2-5,7,16H,1H2,(H,12,13,17)/t5-,7+/m0/s1. The first-order chi connectivity index (χ1) is 8.70. The van der Waals surface area contributed by atoms with Gasteiger partial charge in [-0.05, 0) is 0 Å². The van der Waals surface area contributed by atoms with E-state index in [1.54, 1.807) is 0 Å². The van der Waals surface area contributed by atoms with Gasteiger partial charge in [-0.1, -0.05) is 0 Å². The number of aromatic nitrogens is 4. The van der Waals surface area contributed by atoms with Crippen molar-refractivity contribution in [3.05, 3.63) is 24.7 Å². The van der Waals surface area contributed by atoms with Crippen molar-refractivity contribution in [3.8, 4) is 5.88 Å². The fraction of sp³-hybridized carbons (Fsp3) is 0.300. The van der Waals surface area contributed by atoms with Gasteiger partial charge in [0.15, 0.2) is 23.2 Å². The number of aromatic hydroxyl groups is 1. The van der Waals surface area contributed by atoms with Crippen LogP contribution in [0.3, 0.4) is 0 Å². The number of aliphatic hydroxyl groups excluding tert-OH is 1. The molecule has 1 saturated heterocycles. The van der Waals surface area contributed by atoms with E-state index in [0.29, 0.717) is 5.65 Å². The second kappa shape index (κ2) is 3.91. The second-order valence-electron chi connectivity index (χ2n) is 3.86. The third kappa shape index (κ3) is 1.50. The maximum absolute atomic E-state index is 12.4. The lowest BCUT2D eigenvalue weighted by Gasteiger charge is -2.11. The van der Waals surface area contributed by atoms with Crippen LogP contribution < -0.4 is 0 Å². The highest BCUT2D eigenvalue weighted by molar-refractivity contribution is 5.75. The first-order valence-electron chi connectivity index (χ1n) is 5.22. The molecule has 1 fully saturated rings. The third-order valence-electron chi connectivity index (χ3n) is 2.78. The van der Waals surface area contributed by atoms with E-state index in [1.807, 2.05) is 0 Å². The van der Waals surface area contributed by atoms with Crippen molar-refractivity contribution in [3.63, 3.8) is 0 Å². The monoisotopic (exact) mass is 252 g/mol. The molecule has 94 valence electrons. The Balaban J connectivity index is 2.04. The van der Waals surface area contributed by atoms with Crippen molar-refractivity contribution in [1.29, 1.82) is 0 Å². The summed E-state index contributed by atoms with van der Waals surface area (Å²) in [5, 5.41) is 19.0. The van der Waals surface area contributed by atoms with Crippen LogP contribution in [0.4, 0.5) is 4.39 Å². The summed E-state index contributed by atoms with van der Waals surface area (Å²) >= 11 is 0. The topological polar surface area (TPSA) is 93.3 Å². The van der Waals surface area contributed by atoms with Crippen LogP contribution in [0.25, 0.3) is 11.2 Å². The highest BCUT2D eigenvalue weighted by atomic mass is 19.1. The van der Waals surface area contributed by atoms with Crippen LogP contribution in [0.5, 0.6) is 5.88 Å². The Morgan fingerprint density at radius 3 is 3.00 bits per heavy atom. The highest BCUT2D eigenvalue weighted by Gasteiger charge is 2.32. The first-order valence-corrected chi connectivity index (χ1v) is 5.22. The van der Waals surface area contributed by atoms with Gasteiger partial charge >= 0.3 is 0 Å². The number of imidazole rings is 1. The van der Waals surface area contributed by atoms with Gasteiger partial charge in [0.25, 0.3) is 0 Å². The van der Waals surface area contributed by atoms with E-state index < -0.39 is 12.3 Å². The first kappa shape index (κ1) is 10.9. The Hall–Kier alpha value is -2.22. The van der Waals surface area contributed by atoms with E-state index in [1.165, 1.54) is 17.2 Å². The maximum atomic E-state index is 12.4. The number of hydrogen-bond acceptors (Lipinski definition) is 6. The SMILES string of the molecule is Oc1ncnc2c1ncn2[C@H]1C[C@H](O)C(=CF)O1. The molecule has 18 heavy (non-hydrogen) atoms. The fourth-order valence-corrected chi connectivity index (χ4v) is 1.91. The van der Waals surface area contributed by atoms with Crippen LogP contribution in [0.1, 0.15) is 12.6 Å². The normalized spacial score (nSPS) is 25.8. The Morgan fingerprint density at radius 2 is 2.28 bits per heavy atom. The van der Waals surface area contributed by atoms with Crippen molar-refractivity contribution >= 4 is 11.2 Å². The molecule has 1 aliphatic rings. The molecular formula is C10H9FN4O3. The number of hydrogen-bond donors (Lipinski definition) is 2. The molecule has 0 unspecified atom stereocenters. The average Bonchev–Trinajstić information content (AvgIpc) is 2.93. The lowest BCUT2D eigenvalue weighted by Crippen LogP contribution is -2.07. The van der Waals surface area contributed by atoms with Crippen LogP contribution in [-0.4, -0.2) is 35.8 Å². The van der Waals surface area contributed by atoms with Crippen molar-refractivity contribution < 1.29 is 19.3 Å². The van der Waals surface area contributed by atoms with Gasteiger partial charge in [-0.15, -0.1) is 0 Å². The van der Waals surface area contributed by atoms with Gasteiger partial charge in [-0.2, -0.15) is 4.98 Å². The number of aliphatic hydroxyl groups is 1. The smallest absolute Gasteiger partial charge is 0.242 e. The summed E-state index contributed by atoms with van der Waals surface area (Å²) in [6.07, 6.45) is 1.40. The molecule has 2 aromatic heterocycles. The Labute approximate surface area is 100 Å². The van der Waals surface area contributed by atoms with E-state index in [4.69, 9.17) is 4.74 Å². The molecule has 8 heteroatoms. The summed E-state index contributed by atoms with van der Waals surface area (Å²) < 4.78 is 19.1. The molecule has 0 spiro atoms. The van der Waals surface area contributed by atoms with Crippen LogP contribution >= 0.6 is 0 Å². The number of fused-ring (bicyclic) bond motifs is 1. The van der Waals surface area contributed by atoms with E-state index in [-0.39, 0.29) is 29.9 Å². The lowest BCUT2D eigenvalue weighted by atomic mass is 10.2. The minimum Gasteiger partial charge on any atom is -0.492 e. The molecule has 3 rings (SSSR count). The van der Waals surface area contributed by atoms with E-state index in [9.17, 15) is 14.6 Å². The summed E-state index contributed by atoms with van der Waals surface area (Å²) in [5.41, 5.74) is 0.591. The van der Waals surface area contributed by atoms with E-state index >= 15 is 0 Å². The highest BCUT2D eigenvalue weighted by Crippen LogP contribution is 2.33. The van der Waals surface area contributed by atoms with E-state index in [2.05, 4.69) is 15.0 Å². The fourth-order valence-electron chi connectivity index (χ4n) is 1.91. The number of ether oxygens (including phenoxy) is 1. The van der Waals surface area contributed by atoms with E-state index in [0.717, 1.165) is 0 Å². The molecule has 1 aliphatic heterocycles.